The molecule has 2 N–H and O–H groups in total. The first-order valence-electron chi connectivity index (χ1n) is 5.79. The lowest BCUT2D eigenvalue weighted by Crippen LogP contribution is -2.36. The van der Waals surface area contributed by atoms with Crippen LogP contribution < -0.4 is 5.32 Å². The van der Waals surface area contributed by atoms with Gasteiger partial charge >= 0.3 is 5.97 Å². The number of carbonyl (C=O) groups is 2. The fourth-order valence-electron chi connectivity index (χ4n) is 1.81. The summed E-state index contributed by atoms with van der Waals surface area (Å²) < 4.78 is 1.25. The number of amides is 1. The van der Waals surface area contributed by atoms with Crippen LogP contribution in [0.2, 0.25) is 0 Å². The fraction of sp³-hybridized carbons (Fsp3) is 0.600. The zero-order valence-electron chi connectivity index (χ0n) is 9.87. The molecule has 0 atom stereocenters. The highest BCUT2D eigenvalue weighted by atomic mass is 16.4. The van der Waals surface area contributed by atoms with Gasteiger partial charge in [-0.3, -0.25) is 4.79 Å². The van der Waals surface area contributed by atoms with E-state index in [1.165, 1.54) is 10.9 Å². The summed E-state index contributed by atoms with van der Waals surface area (Å²) >= 11 is 0. The van der Waals surface area contributed by atoms with Crippen LogP contribution in [0.4, 0.5) is 0 Å². The minimum absolute atomic E-state index is 0.0281. The highest BCUT2D eigenvalue weighted by Gasteiger charge is 2.17. The van der Waals surface area contributed by atoms with Gasteiger partial charge in [0.2, 0.25) is 5.91 Å². The molecule has 1 aliphatic heterocycles. The van der Waals surface area contributed by atoms with Crippen LogP contribution in [0.15, 0.2) is 6.20 Å². The second kappa shape index (κ2) is 5.58. The molecule has 1 fully saturated rings. The minimum atomic E-state index is -1.15. The maximum Gasteiger partial charge on any atom is 0.358 e. The number of hydrogen-bond donors (Lipinski definition) is 2. The molecule has 8 nitrogen and oxygen atoms in total. The van der Waals surface area contributed by atoms with E-state index in [9.17, 15) is 9.59 Å². The summed E-state index contributed by atoms with van der Waals surface area (Å²) in [5.41, 5.74) is -0.152. The minimum Gasteiger partial charge on any atom is -0.476 e. The molecule has 0 spiro atoms. The molecule has 98 valence electrons. The maximum atomic E-state index is 12.0. The molecule has 18 heavy (non-hydrogen) atoms. The third kappa shape index (κ3) is 3.04. The lowest BCUT2D eigenvalue weighted by molar-refractivity contribution is -0.131. The van der Waals surface area contributed by atoms with Gasteiger partial charge in [0.25, 0.3) is 0 Å². The van der Waals surface area contributed by atoms with Gasteiger partial charge in [0.1, 0.15) is 6.54 Å². The van der Waals surface area contributed by atoms with Crippen LogP contribution in [0.25, 0.3) is 0 Å². The fourth-order valence-corrected chi connectivity index (χ4v) is 1.81. The Hall–Kier alpha value is -1.96. The molecular formula is C10H15N5O3. The van der Waals surface area contributed by atoms with Crippen molar-refractivity contribution in [2.24, 2.45) is 0 Å². The van der Waals surface area contributed by atoms with Gasteiger partial charge in [-0.1, -0.05) is 5.21 Å². The van der Waals surface area contributed by atoms with Crippen LogP contribution in [0.5, 0.6) is 0 Å². The molecule has 2 rings (SSSR count). The van der Waals surface area contributed by atoms with E-state index in [1.807, 2.05) is 0 Å². The van der Waals surface area contributed by atoms with E-state index in [4.69, 9.17) is 5.11 Å². The van der Waals surface area contributed by atoms with Crippen molar-refractivity contribution in [3.05, 3.63) is 11.9 Å². The Kier molecular flexibility index (Phi) is 3.88. The summed E-state index contributed by atoms with van der Waals surface area (Å²) in [6, 6.07) is 0. The number of nitrogens with one attached hydrogen (secondary N) is 1. The monoisotopic (exact) mass is 253 g/mol. The van der Waals surface area contributed by atoms with Crippen molar-refractivity contribution in [3.63, 3.8) is 0 Å². The van der Waals surface area contributed by atoms with E-state index in [0.717, 1.165) is 19.5 Å². The molecule has 0 aromatic carbocycles. The maximum absolute atomic E-state index is 12.0. The summed E-state index contributed by atoms with van der Waals surface area (Å²) in [6.07, 6.45) is 2.18. The first-order valence-corrected chi connectivity index (χ1v) is 5.79. The molecule has 1 aromatic rings. The first kappa shape index (κ1) is 12.5. The van der Waals surface area contributed by atoms with Gasteiger partial charge in [0.15, 0.2) is 5.69 Å². The van der Waals surface area contributed by atoms with Crippen molar-refractivity contribution >= 4 is 11.9 Å². The lowest BCUT2D eigenvalue weighted by Gasteiger charge is -2.19. The van der Waals surface area contributed by atoms with E-state index in [1.54, 1.807) is 4.90 Å². The average molecular weight is 253 g/mol. The van der Waals surface area contributed by atoms with Gasteiger partial charge in [-0.25, -0.2) is 9.48 Å². The highest BCUT2D eigenvalue weighted by molar-refractivity contribution is 5.84. The van der Waals surface area contributed by atoms with Crippen molar-refractivity contribution < 1.29 is 14.7 Å². The molecule has 0 aliphatic carbocycles. The number of carboxylic acids is 1. The zero-order chi connectivity index (χ0) is 13.0. The van der Waals surface area contributed by atoms with Crippen molar-refractivity contribution in [2.45, 2.75) is 13.0 Å². The topological polar surface area (TPSA) is 100 Å². The molecule has 8 heteroatoms. The largest absolute Gasteiger partial charge is 0.476 e. The molecular weight excluding hydrogens is 238 g/mol. The number of carboxylic acid groups (broad SMARTS) is 1. The van der Waals surface area contributed by atoms with Gasteiger partial charge < -0.3 is 15.3 Å². The molecule has 2 heterocycles. The molecule has 1 saturated heterocycles. The Labute approximate surface area is 104 Å². The molecule has 1 amide bonds. The van der Waals surface area contributed by atoms with Gasteiger partial charge in [0.05, 0.1) is 6.20 Å². The second-order valence-electron chi connectivity index (χ2n) is 4.09. The third-order valence-corrected chi connectivity index (χ3v) is 2.75. The first-order chi connectivity index (χ1) is 8.66. The van der Waals surface area contributed by atoms with Gasteiger partial charge in [-0.2, -0.15) is 0 Å². The Morgan fingerprint density at radius 2 is 2.22 bits per heavy atom. The van der Waals surface area contributed by atoms with Crippen LogP contribution in [0.3, 0.4) is 0 Å². The van der Waals surface area contributed by atoms with Crippen LogP contribution in [0, 0.1) is 0 Å². The quantitative estimate of drug-likeness (QED) is 0.701. The summed E-state index contributed by atoms with van der Waals surface area (Å²) in [6.45, 7) is 3.10. The normalized spacial score (nSPS) is 16.3. The molecule has 0 radical (unpaired) electrons. The van der Waals surface area contributed by atoms with E-state index in [-0.39, 0.29) is 18.1 Å². The van der Waals surface area contributed by atoms with E-state index < -0.39 is 5.97 Å². The van der Waals surface area contributed by atoms with Crippen LogP contribution in [0.1, 0.15) is 16.9 Å². The van der Waals surface area contributed by atoms with Gasteiger partial charge in [-0.05, 0) is 13.0 Å². The lowest BCUT2D eigenvalue weighted by atomic mass is 10.4. The van der Waals surface area contributed by atoms with Crippen molar-refractivity contribution in [3.8, 4) is 0 Å². The second-order valence-corrected chi connectivity index (χ2v) is 4.09. The summed E-state index contributed by atoms with van der Waals surface area (Å²) in [4.78, 5) is 24.3. The van der Waals surface area contributed by atoms with Crippen LogP contribution in [-0.2, 0) is 11.3 Å². The smallest absolute Gasteiger partial charge is 0.358 e. The predicted molar refractivity (Wildman–Crippen MR) is 61.0 cm³/mol. The summed E-state index contributed by atoms with van der Waals surface area (Å²) in [7, 11) is 0. The van der Waals surface area contributed by atoms with E-state index in [2.05, 4.69) is 15.6 Å². The summed E-state index contributed by atoms with van der Waals surface area (Å²) in [5, 5.41) is 19.0. The molecule has 0 bridgehead atoms. The summed E-state index contributed by atoms with van der Waals surface area (Å²) in [5.74, 6) is -1.21. The van der Waals surface area contributed by atoms with Crippen molar-refractivity contribution in [1.29, 1.82) is 0 Å². The molecule has 1 aliphatic rings. The Bertz CT molecular complexity index is 436. The highest BCUT2D eigenvalue weighted by Crippen LogP contribution is 1.99. The molecule has 0 unspecified atom stereocenters. The SMILES string of the molecule is O=C(O)c1cn(CC(=O)N2CCCNCC2)nn1. The molecule has 0 saturated carbocycles. The van der Waals surface area contributed by atoms with Crippen LogP contribution in [-0.4, -0.2) is 63.1 Å². The van der Waals surface area contributed by atoms with E-state index in [0.29, 0.717) is 13.1 Å². The van der Waals surface area contributed by atoms with Crippen molar-refractivity contribution in [2.75, 3.05) is 26.2 Å². The van der Waals surface area contributed by atoms with Crippen molar-refractivity contribution in [1.82, 2.24) is 25.2 Å². The number of rotatable bonds is 3. The third-order valence-electron chi connectivity index (χ3n) is 2.75. The Morgan fingerprint density at radius 1 is 1.39 bits per heavy atom. The Balaban J connectivity index is 1.94. The van der Waals surface area contributed by atoms with E-state index >= 15 is 0 Å². The zero-order valence-corrected chi connectivity index (χ0v) is 9.87. The number of nitrogens with zero attached hydrogens (tertiary/aromatic N) is 4. The number of aromatic carboxylic acids is 1. The van der Waals surface area contributed by atoms with Gasteiger partial charge in [-0.15, -0.1) is 5.10 Å². The average Bonchev–Trinajstić information content (AvgIpc) is 2.64. The number of aromatic nitrogens is 3. The number of hydrogen-bond acceptors (Lipinski definition) is 5. The Morgan fingerprint density at radius 3 is 2.94 bits per heavy atom. The van der Waals surface area contributed by atoms with Gasteiger partial charge in [0, 0.05) is 19.6 Å². The van der Waals surface area contributed by atoms with Crippen LogP contribution >= 0.6 is 0 Å². The number of carbonyl (C=O) groups excluding carboxylic acids is 1. The predicted octanol–water partition coefficient (Wildman–Crippen LogP) is -1.20. The standard InChI is InChI=1S/C10H15N5O3/c16-9(14-4-1-2-11-3-5-14)7-15-6-8(10(17)18)12-13-15/h6,11H,1-5,7H2,(H,17,18). The molecule has 1 aromatic heterocycles.